The number of aryl methyl sites for hydroxylation is 2. The standard InChI is InChI=1S/C28H22N2/c1-19-7-11-22(12-8-19)27-18-26(25-16-15-21-5-3-4-6-24(21)17-25)28(30-29-27)23-13-9-20(2)10-14-23/h3-18H,1-2H3. The lowest BCUT2D eigenvalue weighted by Gasteiger charge is -2.12. The smallest absolute Gasteiger partial charge is 0.101 e. The van der Waals surface area contributed by atoms with E-state index in [-0.39, 0.29) is 0 Å². The van der Waals surface area contributed by atoms with Gasteiger partial charge < -0.3 is 0 Å². The molecule has 0 aliphatic rings. The molecule has 0 saturated heterocycles. The molecule has 4 aromatic carbocycles. The average molecular weight is 386 g/mol. The van der Waals surface area contributed by atoms with Gasteiger partial charge in [-0.3, -0.25) is 0 Å². The maximum absolute atomic E-state index is 4.68. The highest BCUT2D eigenvalue weighted by Crippen LogP contribution is 2.34. The summed E-state index contributed by atoms with van der Waals surface area (Å²) in [5, 5.41) is 11.7. The van der Waals surface area contributed by atoms with Crippen molar-refractivity contribution in [2.24, 2.45) is 0 Å². The van der Waals surface area contributed by atoms with Crippen LogP contribution < -0.4 is 0 Å². The molecule has 0 N–H and O–H groups in total. The molecule has 1 aromatic heterocycles. The van der Waals surface area contributed by atoms with Crippen LogP contribution in [-0.2, 0) is 0 Å². The summed E-state index contributed by atoms with van der Waals surface area (Å²) in [7, 11) is 0. The first-order chi connectivity index (χ1) is 14.7. The molecule has 0 fully saturated rings. The molecule has 2 heteroatoms. The quantitative estimate of drug-likeness (QED) is 0.326. The van der Waals surface area contributed by atoms with Crippen molar-refractivity contribution in [3.05, 3.63) is 108 Å². The molecule has 0 atom stereocenters. The van der Waals surface area contributed by atoms with Crippen molar-refractivity contribution >= 4 is 10.8 Å². The van der Waals surface area contributed by atoms with Crippen molar-refractivity contribution in [3.63, 3.8) is 0 Å². The number of hydrogen-bond donors (Lipinski definition) is 0. The number of aromatic nitrogens is 2. The molecule has 144 valence electrons. The van der Waals surface area contributed by atoms with E-state index in [1.165, 1.54) is 21.9 Å². The zero-order valence-corrected chi connectivity index (χ0v) is 17.1. The number of benzene rings is 4. The van der Waals surface area contributed by atoms with Gasteiger partial charge in [-0.25, -0.2) is 0 Å². The molecular weight excluding hydrogens is 364 g/mol. The van der Waals surface area contributed by atoms with Gasteiger partial charge in [0.1, 0.15) is 5.69 Å². The Morgan fingerprint density at radius 1 is 0.500 bits per heavy atom. The summed E-state index contributed by atoms with van der Waals surface area (Å²) in [5.41, 5.74) is 8.64. The van der Waals surface area contributed by atoms with E-state index in [4.69, 9.17) is 0 Å². The molecule has 0 aliphatic carbocycles. The van der Waals surface area contributed by atoms with Crippen LogP contribution in [0.2, 0.25) is 0 Å². The minimum atomic E-state index is 0.883. The Morgan fingerprint density at radius 2 is 1.10 bits per heavy atom. The van der Waals surface area contributed by atoms with Gasteiger partial charge in [0, 0.05) is 16.7 Å². The van der Waals surface area contributed by atoms with E-state index in [1.54, 1.807) is 0 Å². The van der Waals surface area contributed by atoms with E-state index in [2.05, 4.69) is 121 Å². The van der Waals surface area contributed by atoms with Crippen molar-refractivity contribution in [1.82, 2.24) is 10.2 Å². The summed E-state index contributed by atoms with van der Waals surface area (Å²) in [6, 6.07) is 34.1. The lowest BCUT2D eigenvalue weighted by Crippen LogP contribution is -1.96. The first-order valence-corrected chi connectivity index (χ1v) is 10.2. The Bertz CT molecular complexity index is 1330. The second kappa shape index (κ2) is 7.57. The normalized spacial score (nSPS) is 11.0. The number of rotatable bonds is 3. The average Bonchev–Trinajstić information content (AvgIpc) is 2.79. The SMILES string of the molecule is Cc1ccc(-c2cc(-c3ccc4ccccc4c3)c(-c3ccc(C)cc3)nn2)cc1. The number of hydrogen-bond acceptors (Lipinski definition) is 2. The van der Waals surface area contributed by atoms with Crippen molar-refractivity contribution in [1.29, 1.82) is 0 Å². The van der Waals surface area contributed by atoms with Gasteiger partial charge in [-0.2, -0.15) is 0 Å². The van der Waals surface area contributed by atoms with E-state index < -0.39 is 0 Å². The van der Waals surface area contributed by atoms with Gasteiger partial charge in [0.15, 0.2) is 0 Å². The minimum absolute atomic E-state index is 0.883. The lowest BCUT2D eigenvalue weighted by atomic mass is 9.95. The molecule has 5 rings (SSSR count). The van der Waals surface area contributed by atoms with Crippen LogP contribution in [0.1, 0.15) is 11.1 Å². The first-order valence-electron chi connectivity index (χ1n) is 10.2. The van der Waals surface area contributed by atoms with Crippen molar-refractivity contribution in [3.8, 4) is 33.6 Å². The second-order valence-electron chi connectivity index (χ2n) is 7.79. The Morgan fingerprint density at radius 3 is 1.80 bits per heavy atom. The van der Waals surface area contributed by atoms with Crippen LogP contribution in [0.25, 0.3) is 44.4 Å². The summed E-state index contributed by atoms with van der Waals surface area (Å²) in [5.74, 6) is 0. The Balaban J connectivity index is 1.72. The summed E-state index contributed by atoms with van der Waals surface area (Å²) in [6.45, 7) is 4.19. The predicted molar refractivity (Wildman–Crippen MR) is 125 cm³/mol. The van der Waals surface area contributed by atoms with E-state index in [1.807, 2.05) is 0 Å². The Hall–Kier alpha value is -3.78. The van der Waals surface area contributed by atoms with Gasteiger partial charge in [0.2, 0.25) is 0 Å². The molecule has 0 saturated carbocycles. The van der Waals surface area contributed by atoms with E-state index in [0.29, 0.717) is 0 Å². The van der Waals surface area contributed by atoms with Gasteiger partial charge >= 0.3 is 0 Å². The molecule has 5 aromatic rings. The van der Waals surface area contributed by atoms with Crippen LogP contribution in [0.15, 0.2) is 97.1 Å². The lowest BCUT2D eigenvalue weighted by molar-refractivity contribution is 1.05. The largest absolute Gasteiger partial charge is 0.150 e. The molecule has 30 heavy (non-hydrogen) atoms. The predicted octanol–water partition coefficient (Wildman–Crippen LogP) is 7.25. The van der Waals surface area contributed by atoms with E-state index in [9.17, 15) is 0 Å². The highest BCUT2D eigenvalue weighted by Gasteiger charge is 2.13. The van der Waals surface area contributed by atoms with Crippen LogP contribution in [0.4, 0.5) is 0 Å². The maximum Gasteiger partial charge on any atom is 0.101 e. The third-order valence-corrected chi connectivity index (χ3v) is 5.53. The Labute approximate surface area is 176 Å². The molecule has 1 heterocycles. The van der Waals surface area contributed by atoms with Crippen LogP contribution in [0.3, 0.4) is 0 Å². The first kappa shape index (κ1) is 18.3. The van der Waals surface area contributed by atoms with Crippen molar-refractivity contribution in [2.75, 3.05) is 0 Å². The van der Waals surface area contributed by atoms with Crippen LogP contribution in [0, 0.1) is 13.8 Å². The maximum atomic E-state index is 4.68. The third kappa shape index (κ3) is 3.48. The van der Waals surface area contributed by atoms with Gasteiger partial charge in [0.05, 0.1) is 5.69 Å². The second-order valence-corrected chi connectivity index (χ2v) is 7.79. The number of nitrogens with zero attached hydrogens (tertiary/aromatic N) is 2. The molecule has 0 aliphatic heterocycles. The van der Waals surface area contributed by atoms with Crippen molar-refractivity contribution in [2.45, 2.75) is 13.8 Å². The molecule has 2 nitrogen and oxygen atoms in total. The van der Waals surface area contributed by atoms with Gasteiger partial charge in [0.25, 0.3) is 0 Å². The molecule has 0 unspecified atom stereocenters. The Kier molecular flexibility index (Phi) is 4.61. The fourth-order valence-electron chi connectivity index (χ4n) is 3.76. The van der Waals surface area contributed by atoms with E-state index >= 15 is 0 Å². The number of fused-ring (bicyclic) bond motifs is 1. The minimum Gasteiger partial charge on any atom is -0.150 e. The zero-order valence-electron chi connectivity index (χ0n) is 17.1. The molecule has 0 spiro atoms. The summed E-state index contributed by atoms with van der Waals surface area (Å²) in [6.07, 6.45) is 0. The van der Waals surface area contributed by atoms with Crippen molar-refractivity contribution < 1.29 is 0 Å². The van der Waals surface area contributed by atoms with Gasteiger partial charge in [-0.05, 0) is 42.3 Å². The fourth-order valence-corrected chi connectivity index (χ4v) is 3.76. The summed E-state index contributed by atoms with van der Waals surface area (Å²) >= 11 is 0. The monoisotopic (exact) mass is 386 g/mol. The van der Waals surface area contributed by atoms with Crippen LogP contribution in [0.5, 0.6) is 0 Å². The highest BCUT2D eigenvalue weighted by atomic mass is 15.1. The molecule has 0 radical (unpaired) electrons. The van der Waals surface area contributed by atoms with Gasteiger partial charge in [-0.1, -0.05) is 96.1 Å². The van der Waals surface area contributed by atoms with Crippen LogP contribution in [-0.4, -0.2) is 10.2 Å². The zero-order chi connectivity index (χ0) is 20.5. The summed E-state index contributed by atoms with van der Waals surface area (Å²) in [4.78, 5) is 0. The molecule has 0 bridgehead atoms. The fraction of sp³-hybridized carbons (Fsp3) is 0.0714. The summed E-state index contributed by atoms with van der Waals surface area (Å²) < 4.78 is 0. The highest BCUT2D eigenvalue weighted by molar-refractivity contribution is 5.91. The molecule has 0 amide bonds. The third-order valence-electron chi connectivity index (χ3n) is 5.53. The molecular formula is C28H22N2. The van der Waals surface area contributed by atoms with Gasteiger partial charge in [-0.15, -0.1) is 10.2 Å². The van der Waals surface area contributed by atoms with E-state index in [0.717, 1.165) is 33.6 Å². The topological polar surface area (TPSA) is 25.8 Å². The van der Waals surface area contributed by atoms with Crippen LogP contribution >= 0.6 is 0 Å².